The van der Waals surface area contributed by atoms with Crippen LogP contribution < -0.4 is 29.0 Å². The van der Waals surface area contributed by atoms with Crippen molar-refractivity contribution in [3.05, 3.63) is 42.5 Å². The van der Waals surface area contributed by atoms with E-state index in [0.717, 1.165) is 6.26 Å². The van der Waals surface area contributed by atoms with Crippen LogP contribution in [0.2, 0.25) is 0 Å². The summed E-state index contributed by atoms with van der Waals surface area (Å²) < 4.78 is 58.6. The minimum absolute atomic E-state index is 0.00410. The molecule has 0 radical (unpaired) electrons. The van der Waals surface area contributed by atoms with Crippen molar-refractivity contribution in [3.8, 4) is 23.0 Å². The number of methoxy groups -OCH3 is 1. The van der Waals surface area contributed by atoms with Gasteiger partial charge in [0.05, 0.1) is 18.6 Å². The number of benzene rings is 2. The molecule has 1 heterocycles. The first-order chi connectivity index (χ1) is 18.2. The Morgan fingerprint density at radius 2 is 1.95 bits per heavy atom. The van der Waals surface area contributed by atoms with Gasteiger partial charge in [-0.25, -0.2) is 13.2 Å². The minimum atomic E-state index is -3.57. The number of aliphatic hydroxyl groups is 1. The number of hydrogen-bond acceptors (Lipinski definition) is 11. The lowest BCUT2D eigenvalue weighted by molar-refractivity contribution is -0.167. The number of nitrogens with one attached hydrogen (secondary N) is 2. The predicted octanol–water partition coefficient (Wildman–Crippen LogP) is 1.53. The average Bonchev–Trinajstić information content (AvgIpc) is 2.88. The molecule has 0 aliphatic carbocycles. The number of carbonyl (C=O) groups excluding carboxylic acids is 1. The molecule has 12 nitrogen and oxygen atoms in total. The Bertz CT molecular complexity index is 1180. The zero-order valence-electron chi connectivity index (χ0n) is 21.6. The summed E-state index contributed by atoms with van der Waals surface area (Å²) in [7, 11) is -2.12. The Balaban J connectivity index is 1.52. The quantitative estimate of drug-likeness (QED) is 0.167. The number of aliphatic hydroxyl groups excluding tert-OH is 1. The Morgan fingerprint density at radius 3 is 2.66 bits per heavy atom. The number of carbonyl (C=O) groups is 1. The molecule has 1 aliphatic heterocycles. The fourth-order valence-corrected chi connectivity index (χ4v) is 4.17. The lowest BCUT2D eigenvalue weighted by atomic mass is 9.99. The standard InChI is InChI=1S/C25H34N2O10S/c1-4-33-24(29)25(16-35-22-7-5-6-8-23(22)37-25)11-12-26-14-18(28)15-34-19-9-10-21(36-17-32-2)20(13-19)27-38(3,30)31/h5-10,13,18,26-28H,4,11-12,14-17H2,1-3H3/t18-,25+/m0/s1. The monoisotopic (exact) mass is 554 g/mol. The third-order valence-electron chi connectivity index (χ3n) is 5.37. The summed E-state index contributed by atoms with van der Waals surface area (Å²) in [6.07, 6.45) is 0.372. The van der Waals surface area contributed by atoms with Gasteiger partial charge in [0.2, 0.25) is 15.6 Å². The van der Waals surface area contributed by atoms with Crippen LogP contribution in [-0.2, 0) is 24.3 Å². The minimum Gasteiger partial charge on any atom is -0.491 e. The first-order valence-corrected chi connectivity index (χ1v) is 13.9. The van der Waals surface area contributed by atoms with E-state index < -0.39 is 27.7 Å². The summed E-state index contributed by atoms with van der Waals surface area (Å²) in [4.78, 5) is 12.7. The second-order valence-corrected chi connectivity index (χ2v) is 10.3. The van der Waals surface area contributed by atoms with E-state index in [4.69, 9.17) is 28.4 Å². The molecule has 1 aliphatic rings. The highest BCUT2D eigenvalue weighted by molar-refractivity contribution is 7.92. The summed E-state index contributed by atoms with van der Waals surface area (Å²) in [6.45, 7) is 2.29. The van der Waals surface area contributed by atoms with Crippen LogP contribution in [0.5, 0.6) is 23.0 Å². The largest absolute Gasteiger partial charge is 0.491 e. The zero-order valence-corrected chi connectivity index (χ0v) is 22.4. The number of fused-ring (bicyclic) bond motifs is 1. The van der Waals surface area contributed by atoms with Crippen LogP contribution in [0, 0.1) is 0 Å². The zero-order chi connectivity index (χ0) is 27.6. The maximum atomic E-state index is 12.7. The summed E-state index contributed by atoms with van der Waals surface area (Å²) in [6, 6.07) is 11.7. The Labute approximate surface area is 222 Å². The molecule has 0 unspecified atom stereocenters. The summed E-state index contributed by atoms with van der Waals surface area (Å²) in [5, 5.41) is 13.5. The molecule has 3 N–H and O–H groups in total. The lowest BCUT2D eigenvalue weighted by Gasteiger charge is -2.36. The van der Waals surface area contributed by atoms with E-state index in [9.17, 15) is 18.3 Å². The average molecular weight is 555 g/mol. The Hall–Kier alpha value is -3.26. The second-order valence-electron chi connectivity index (χ2n) is 8.55. The molecule has 2 aromatic carbocycles. The van der Waals surface area contributed by atoms with Crippen LogP contribution in [0.25, 0.3) is 0 Å². The number of esters is 1. The van der Waals surface area contributed by atoms with Crippen LogP contribution in [0.15, 0.2) is 42.5 Å². The van der Waals surface area contributed by atoms with Crippen molar-refractivity contribution in [2.24, 2.45) is 0 Å². The van der Waals surface area contributed by atoms with Gasteiger partial charge in [-0.1, -0.05) is 12.1 Å². The van der Waals surface area contributed by atoms with Crippen molar-refractivity contribution in [3.63, 3.8) is 0 Å². The molecule has 0 saturated carbocycles. The molecular formula is C25H34N2O10S. The molecule has 38 heavy (non-hydrogen) atoms. The smallest absolute Gasteiger partial charge is 0.354 e. The van der Waals surface area contributed by atoms with Gasteiger partial charge in [0.25, 0.3) is 0 Å². The highest BCUT2D eigenvalue weighted by Crippen LogP contribution is 2.37. The molecule has 0 spiro atoms. The SMILES string of the molecule is CCOC(=O)[C@@]1(CCNC[C@H](O)COc2ccc(OCOC)c(NS(C)(=O)=O)c2)COc2ccccc2O1. The lowest BCUT2D eigenvalue weighted by Crippen LogP contribution is -2.54. The van der Waals surface area contributed by atoms with E-state index >= 15 is 0 Å². The van der Waals surface area contributed by atoms with Gasteiger partial charge in [-0.2, -0.15) is 0 Å². The highest BCUT2D eigenvalue weighted by atomic mass is 32.2. The van der Waals surface area contributed by atoms with Crippen molar-refractivity contribution in [2.45, 2.75) is 25.0 Å². The number of hydrogen-bond donors (Lipinski definition) is 3. The first-order valence-electron chi connectivity index (χ1n) is 12.0. The van der Waals surface area contributed by atoms with Gasteiger partial charge in [0.15, 0.2) is 18.3 Å². The van der Waals surface area contributed by atoms with Crippen LogP contribution in [-0.4, -0.2) is 84.3 Å². The van der Waals surface area contributed by atoms with E-state index in [2.05, 4.69) is 10.0 Å². The van der Waals surface area contributed by atoms with E-state index in [1.807, 2.05) is 6.07 Å². The fraction of sp³-hybridized carbons (Fsp3) is 0.480. The number of ether oxygens (including phenoxy) is 6. The summed E-state index contributed by atoms with van der Waals surface area (Å²) in [5.74, 6) is 1.09. The van der Waals surface area contributed by atoms with Gasteiger partial charge < -0.3 is 38.8 Å². The molecule has 0 fully saturated rings. The van der Waals surface area contributed by atoms with Crippen LogP contribution in [0.4, 0.5) is 5.69 Å². The number of rotatable bonds is 15. The van der Waals surface area contributed by atoms with Gasteiger partial charge in [-0.3, -0.25) is 4.72 Å². The topological polar surface area (TPSA) is 151 Å². The third-order valence-corrected chi connectivity index (χ3v) is 5.96. The van der Waals surface area contributed by atoms with E-state index in [1.54, 1.807) is 31.2 Å². The summed E-state index contributed by atoms with van der Waals surface area (Å²) >= 11 is 0. The van der Waals surface area contributed by atoms with Crippen LogP contribution >= 0.6 is 0 Å². The molecular weight excluding hydrogens is 520 g/mol. The number of sulfonamides is 1. The normalized spacial score (nSPS) is 17.4. The highest BCUT2D eigenvalue weighted by Gasteiger charge is 2.46. The van der Waals surface area contributed by atoms with Crippen LogP contribution in [0.1, 0.15) is 13.3 Å². The molecule has 3 rings (SSSR count). The van der Waals surface area contributed by atoms with Gasteiger partial charge in [0, 0.05) is 26.1 Å². The third kappa shape index (κ3) is 8.38. The van der Waals surface area contributed by atoms with Crippen molar-refractivity contribution < 1.29 is 46.7 Å². The van der Waals surface area contributed by atoms with E-state index in [-0.39, 0.29) is 51.0 Å². The fourth-order valence-electron chi connectivity index (χ4n) is 3.61. The Morgan fingerprint density at radius 1 is 1.18 bits per heavy atom. The van der Waals surface area contributed by atoms with Gasteiger partial charge in [-0.15, -0.1) is 0 Å². The van der Waals surface area contributed by atoms with Crippen molar-refractivity contribution in [2.75, 3.05) is 57.8 Å². The van der Waals surface area contributed by atoms with Gasteiger partial charge >= 0.3 is 5.97 Å². The molecule has 0 saturated heterocycles. The van der Waals surface area contributed by atoms with Crippen molar-refractivity contribution in [1.29, 1.82) is 0 Å². The van der Waals surface area contributed by atoms with Gasteiger partial charge in [0.1, 0.15) is 30.8 Å². The molecule has 13 heteroatoms. The van der Waals surface area contributed by atoms with E-state index in [0.29, 0.717) is 23.8 Å². The molecule has 2 aromatic rings. The first kappa shape index (κ1) is 29.3. The maximum Gasteiger partial charge on any atom is 0.354 e. The summed E-state index contributed by atoms with van der Waals surface area (Å²) in [5.41, 5.74) is -1.13. The van der Waals surface area contributed by atoms with Crippen molar-refractivity contribution >= 4 is 21.7 Å². The van der Waals surface area contributed by atoms with Gasteiger partial charge in [-0.05, 0) is 37.7 Å². The molecule has 2 atom stereocenters. The molecule has 210 valence electrons. The van der Waals surface area contributed by atoms with Crippen molar-refractivity contribution in [1.82, 2.24) is 5.32 Å². The second kappa shape index (κ2) is 13.5. The molecule has 0 bridgehead atoms. The van der Waals surface area contributed by atoms with Crippen LogP contribution in [0.3, 0.4) is 0 Å². The number of anilines is 1. The van der Waals surface area contributed by atoms with E-state index in [1.165, 1.54) is 19.2 Å². The predicted molar refractivity (Wildman–Crippen MR) is 138 cm³/mol. The Kier molecular flexibility index (Phi) is 10.4. The number of para-hydroxylation sites is 2. The molecule has 0 aromatic heterocycles. The maximum absolute atomic E-state index is 12.7. The molecule has 0 amide bonds.